The Kier molecular flexibility index (Phi) is 3.49. The van der Waals surface area contributed by atoms with E-state index in [9.17, 15) is 0 Å². The van der Waals surface area contributed by atoms with E-state index in [1.807, 2.05) is 18.7 Å². The highest BCUT2D eigenvalue weighted by molar-refractivity contribution is 7.98. The Balaban J connectivity index is 2.07. The summed E-state index contributed by atoms with van der Waals surface area (Å²) < 4.78 is 0. The standard InChI is InChI=1S/C11H17N3S/c1-8(12)6-13-11-3-2-9-4-5-15-7-10(9)14-11/h2-3,8H,4-7,12H2,1H3,(H,13,14). The van der Waals surface area contributed by atoms with Crippen molar-refractivity contribution in [1.82, 2.24) is 4.98 Å². The normalized spacial score (nSPS) is 16.9. The first-order valence-electron chi connectivity index (χ1n) is 5.31. The van der Waals surface area contributed by atoms with E-state index < -0.39 is 0 Å². The Morgan fingerprint density at radius 1 is 1.60 bits per heavy atom. The molecule has 3 N–H and O–H groups in total. The first kappa shape index (κ1) is 10.8. The minimum atomic E-state index is 0.164. The molecule has 15 heavy (non-hydrogen) atoms. The van der Waals surface area contributed by atoms with Gasteiger partial charge in [-0.1, -0.05) is 6.07 Å². The Morgan fingerprint density at radius 2 is 2.47 bits per heavy atom. The zero-order valence-corrected chi connectivity index (χ0v) is 9.81. The molecule has 0 saturated heterocycles. The van der Waals surface area contributed by atoms with Crippen LogP contribution in [0.15, 0.2) is 12.1 Å². The number of nitrogens with two attached hydrogens (primary N) is 1. The second kappa shape index (κ2) is 4.86. The first-order valence-corrected chi connectivity index (χ1v) is 6.47. The molecule has 2 rings (SSSR count). The lowest BCUT2D eigenvalue weighted by molar-refractivity contribution is 0.776. The molecule has 1 aromatic rings. The van der Waals surface area contributed by atoms with E-state index in [2.05, 4.69) is 22.4 Å². The minimum absolute atomic E-state index is 0.164. The zero-order valence-electron chi connectivity index (χ0n) is 8.99. The molecule has 2 heterocycles. The van der Waals surface area contributed by atoms with Gasteiger partial charge in [0.2, 0.25) is 0 Å². The third-order valence-corrected chi connectivity index (χ3v) is 3.40. The average Bonchev–Trinajstić information content (AvgIpc) is 2.26. The van der Waals surface area contributed by atoms with Gasteiger partial charge in [-0.3, -0.25) is 0 Å². The molecule has 1 atom stereocenters. The highest BCUT2D eigenvalue weighted by atomic mass is 32.2. The van der Waals surface area contributed by atoms with Crippen LogP contribution in [0, 0.1) is 0 Å². The van der Waals surface area contributed by atoms with E-state index in [-0.39, 0.29) is 6.04 Å². The second-order valence-electron chi connectivity index (χ2n) is 3.96. The summed E-state index contributed by atoms with van der Waals surface area (Å²) >= 11 is 1.96. The van der Waals surface area contributed by atoms with Crippen LogP contribution in [0.2, 0.25) is 0 Å². The molecule has 0 fully saturated rings. The Labute approximate surface area is 94.8 Å². The molecule has 1 aromatic heterocycles. The molecule has 0 radical (unpaired) electrons. The number of fused-ring (bicyclic) bond motifs is 1. The highest BCUT2D eigenvalue weighted by Gasteiger charge is 2.10. The maximum Gasteiger partial charge on any atom is 0.126 e. The van der Waals surface area contributed by atoms with Crippen LogP contribution in [0.25, 0.3) is 0 Å². The highest BCUT2D eigenvalue weighted by Crippen LogP contribution is 2.24. The van der Waals surface area contributed by atoms with Crippen LogP contribution < -0.4 is 11.1 Å². The zero-order chi connectivity index (χ0) is 10.7. The predicted octanol–water partition coefficient (Wildman–Crippen LogP) is 1.63. The van der Waals surface area contributed by atoms with Crippen molar-refractivity contribution in [2.24, 2.45) is 5.73 Å². The third-order valence-electron chi connectivity index (χ3n) is 2.43. The smallest absolute Gasteiger partial charge is 0.126 e. The number of nitrogens with zero attached hydrogens (tertiary/aromatic N) is 1. The summed E-state index contributed by atoms with van der Waals surface area (Å²) in [5.41, 5.74) is 8.32. The van der Waals surface area contributed by atoms with Crippen molar-refractivity contribution in [1.29, 1.82) is 0 Å². The summed E-state index contributed by atoms with van der Waals surface area (Å²) in [5.74, 6) is 3.22. The number of pyridine rings is 1. The maximum absolute atomic E-state index is 5.68. The Morgan fingerprint density at radius 3 is 3.27 bits per heavy atom. The lowest BCUT2D eigenvalue weighted by Gasteiger charge is -2.16. The molecule has 1 aliphatic heterocycles. The fourth-order valence-corrected chi connectivity index (χ4v) is 2.55. The summed E-state index contributed by atoms with van der Waals surface area (Å²) in [6.45, 7) is 2.76. The van der Waals surface area contributed by atoms with E-state index in [0.717, 1.165) is 24.5 Å². The van der Waals surface area contributed by atoms with Crippen LogP contribution in [-0.2, 0) is 12.2 Å². The predicted molar refractivity (Wildman–Crippen MR) is 66.2 cm³/mol. The third kappa shape index (κ3) is 2.86. The monoisotopic (exact) mass is 223 g/mol. The first-order chi connectivity index (χ1) is 7.25. The number of hydrogen-bond acceptors (Lipinski definition) is 4. The summed E-state index contributed by atoms with van der Waals surface area (Å²) in [4.78, 5) is 4.60. The number of rotatable bonds is 3. The maximum atomic E-state index is 5.68. The number of aromatic nitrogens is 1. The molecule has 0 aromatic carbocycles. The molecule has 82 valence electrons. The van der Waals surface area contributed by atoms with Crippen molar-refractivity contribution in [2.45, 2.75) is 25.1 Å². The van der Waals surface area contributed by atoms with Crippen molar-refractivity contribution < 1.29 is 0 Å². The fourth-order valence-electron chi connectivity index (χ4n) is 1.60. The van der Waals surface area contributed by atoms with Gasteiger partial charge in [0, 0.05) is 18.3 Å². The van der Waals surface area contributed by atoms with Gasteiger partial charge in [0.1, 0.15) is 5.82 Å². The van der Waals surface area contributed by atoms with Gasteiger partial charge in [-0.15, -0.1) is 0 Å². The van der Waals surface area contributed by atoms with Gasteiger partial charge < -0.3 is 11.1 Å². The van der Waals surface area contributed by atoms with Gasteiger partial charge in [0.25, 0.3) is 0 Å². The van der Waals surface area contributed by atoms with E-state index in [1.165, 1.54) is 17.0 Å². The van der Waals surface area contributed by atoms with E-state index >= 15 is 0 Å². The molecule has 0 aliphatic carbocycles. The molecule has 1 unspecified atom stereocenters. The minimum Gasteiger partial charge on any atom is -0.369 e. The van der Waals surface area contributed by atoms with Gasteiger partial charge in [-0.2, -0.15) is 11.8 Å². The van der Waals surface area contributed by atoms with Gasteiger partial charge in [-0.05, 0) is 30.7 Å². The Hall–Kier alpha value is -0.740. The lowest BCUT2D eigenvalue weighted by Crippen LogP contribution is -2.25. The van der Waals surface area contributed by atoms with Gasteiger partial charge in [0.15, 0.2) is 0 Å². The topological polar surface area (TPSA) is 50.9 Å². The Bertz CT molecular complexity index is 339. The molecule has 3 nitrogen and oxygen atoms in total. The number of hydrogen-bond donors (Lipinski definition) is 2. The number of aryl methyl sites for hydroxylation is 1. The summed E-state index contributed by atoms with van der Waals surface area (Å²) in [5, 5.41) is 3.25. The van der Waals surface area contributed by atoms with Crippen LogP contribution in [0.5, 0.6) is 0 Å². The average molecular weight is 223 g/mol. The van der Waals surface area contributed by atoms with Gasteiger partial charge >= 0.3 is 0 Å². The van der Waals surface area contributed by atoms with Crippen LogP contribution in [0.3, 0.4) is 0 Å². The lowest BCUT2D eigenvalue weighted by atomic mass is 10.1. The molecule has 4 heteroatoms. The summed E-state index contributed by atoms with van der Waals surface area (Å²) in [7, 11) is 0. The van der Waals surface area contributed by atoms with Crippen molar-refractivity contribution in [3.63, 3.8) is 0 Å². The van der Waals surface area contributed by atoms with Gasteiger partial charge in [-0.25, -0.2) is 4.98 Å². The molecule has 0 saturated carbocycles. The number of anilines is 1. The fraction of sp³-hybridized carbons (Fsp3) is 0.545. The largest absolute Gasteiger partial charge is 0.369 e. The molecule has 0 bridgehead atoms. The number of nitrogens with one attached hydrogen (secondary N) is 1. The molecule has 1 aliphatic rings. The van der Waals surface area contributed by atoms with Crippen molar-refractivity contribution in [3.05, 3.63) is 23.4 Å². The molecule has 0 spiro atoms. The van der Waals surface area contributed by atoms with Crippen LogP contribution in [0.4, 0.5) is 5.82 Å². The van der Waals surface area contributed by atoms with E-state index in [0.29, 0.717) is 0 Å². The van der Waals surface area contributed by atoms with Crippen LogP contribution in [0.1, 0.15) is 18.2 Å². The SMILES string of the molecule is CC(N)CNc1ccc2c(n1)CSCC2. The summed E-state index contributed by atoms with van der Waals surface area (Å²) in [6, 6.07) is 4.40. The molecular formula is C11H17N3S. The molecular weight excluding hydrogens is 206 g/mol. The van der Waals surface area contributed by atoms with Crippen LogP contribution >= 0.6 is 11.8 Å². The quantitative estimate of drug-likeness (QED) is 0.818. The van der Waals surface area contributed by atoms with Gasteiger partial charge in [0.05, 0.1) is 5.69 Å². The summed E-state index contributed by atoms with van der Waals surface area (Å²) in [6.07, 6.45) is 1.15. The van der Waals surface area contributed by atoms with Crippen molar-refractivity contribution >= 4 is 17.6 Å². The van der Waals surface area contributed by atoms with Crippen molar-refractivity contribution in [3.8, 4) is 0 Å². The van der Waals surface area contributed by atoms with Crippen LogP contribution in [-0.4, -0.2) is 23.3 Å². The van der Waals surface area contributed by atoms with Crippen molar-refractivity contribution in [2.75, 3.05) is 17.6 Å². The van der Waals surface area contributed by atoms with E-state index in [4.69, 9.17) is 5.73 Å². The second-order valence-corrected chi connectivity index (χ2v) is 5.07. The molecule has 0 amide bonds. The van der Waals surface area contributed by atoms with E-state index in [1.54, 1.807) is 0 Å². The number of thioether (sulfide) groups is 1.